The molecule has 0 aromatic heterocycles. The van der Waals surface area contributed by atoms with Gasteiger partial charge in [-0.2, -0.15) is 0 Å². The molecule has 3 heterocycles. The molecule has 3 aliphatic heterocycles. The number of aliphatic hydroxyl groups is 9. The van der Waals surface area contributed by atoms with Gasteiger partial charge in [0.05, 0.1) is 48.3 Å². The molecule has 3 saturated heterocycles. The number of ether oxygens (including phenoxy) is 5. The van der Waals surface area contributed by atoms with Crippen LogP contribution < -0.4 is 0 Å². The van der Waals surface area contributed by atoms with Crippen LogP contribution in [0.3, 0.4) is 0 Å². The molecule has 14 nitrogen and oxygen atoms in total. The van der Waals surface area contributed by atoms with Crippen molar-refractivity contribution in [1.82, 2.24) is 0 Å². The van der Waals surface area contributed by atoms with Crippen molar-refractivity contribution in [3.63, 3.8) is 0 Å². The van der Waals surface area contributed by atoms with Crippen LogP contribution in [0.15, 0.2) is 0 Å². The summed E-state index contributed by atoms with van der Waals surface area (Å²) >= 11 is 0. The van der Waals surface area contributed by atoms with E-state index in [-0.39, 0.29) is 45.5 Å². The lowest BCUT2D eigenvalue weighted by atomic mass is 9.41. The van der Waals surface area contributed by atoms with Crippen molar-refractivity contribution < 1.29 is 69.6 Å². The molecule has 0 radical (unpaired) electrons. The fourth-order valence-electron chi connectivity index (χ4n) is 15.1. The second kappa shape index (κ2) is 13.5. The number of hydrogen-bond donors (Lipinski definition) is 9. The molecule has 8 rings (SSSR count). The number of fused-ring (bicyclic) bond motifs is 2. The van der Waals surface area contributed by atoms with Crippen molar-refractivity contribution in [3.05, 3.63) is 0 Å². The van der Waals surface area contributed by atoms with Gasteiger partial charge in [0, 0.05) is 5.92 Å². The number of rotatable bonds is 7. The Morgan fingerprint density at radius 2 is 1.39 bits per heavy atom. The summed E-state index contributed by atoms with van der Waals surface area (Å²) in [6.45, 7) is 15.6. The van der Waals surface area contributed by atoms with Crippen molar-refractivity contribution in [2.24, 2.45) is 44.8 Å². The van der Waals surface area contributed by atoms with E-state index in [0.717, 1.165) is 38.5 Å². The monoisotopic (exact) mass is 798 g/mol. The van der Waals surface area contributed by atoms with Crippen LogP contribution in [0.4, 0.5) is 0 Å². The largest absolute Gasteiger partial charge is 0.394 e. The van der Waals surface area contributed by atoms with Crippen molar-refractivity contribution in [1.29, 1.82) is 0 Å². The summed E-state index contributed by atoms with van der Waals surface area (Å²) in [6.07, 6.45) is -8.98. The summed E-state index contributed by atoms with van der Waals surface area (Å²) < 4.78 is 31.2. The Labute approximate surface area is 330 Å². The topological polar surface area (TPSA) is 228 Å². The molecule has 5 saturated carbocycles. The Balaban J connectivity index is 1.04. The van der Waals surface area contributed by atoms with Crippen molar-refractivity contribution in [2.75, 3.05) is 6.61 Å². The van der Waals surface area contributed by atoms with Crippen LogP contribution >= 0.6 is 0 Å². The van der Waals surface area contributed by atoms with Gasteiger partial charge < -0.3 is 69.6 Å². The van der Waals surface area contributed by atoms with Crippen LogP contribution in [0.5, 0.6) is 0 Å². The Kier molecular flexibility index (Phi) is 10.1. The third-order valence-corrected chi connectivity index (χ3v) is 18.0. The molecule has 8 fully saturated rings. The van der Waals surface area contributed by atoms with E-state index in [1.54, 1.807) is 13.8 Å². The average Bonchev–Trinajstić information content (AvgIpc) is 3.47. The van der Waals surface area contributed by atoms with Crippen LogP contribution in [0.2, 0.25) is 0 Å². The van der Waals surface area contributed by atoms with E-state index in [2.05, 4.69) is 34.6 Å². The van der Waals surface area contributed by atoms with Gasteiger partial charge in [0.15, 0.2) is 12.6 Å². The molecule has 0 amide bonds. The zero-order chi connectivity index (χ0) is 40.9. The molecule has 2 spiro atoms. The first-order valence-electron chi connectivity index (χ1n) is 21.3. The summed E-state index contributed by atoms with van der Waals surface area (Å²) in [5.41, 5.74) is -2.75. The van der Waals surface area contributed by atoms with E-state index in [4.69, 9.17) is 23.7 Å². The van der Waals surface area contributed by atoms with Gasteiger partial charge in [-0.3, -0.25) is 0 Å². The molecule has 0 aromatic carbocycles. The Morgan fingerprint density at radius 3 is 2.04 bits per heavy atom. The molecule has 0 aromatic rings. The normalized spacial score (nSPS) is 59.2. The quantitative estimate of drug-likeness (QED) is 0.165. The van der Waals surface area contributed by atoms with Crippen LogP contribution in [0, 0.1) is 44.8 Å². The minimum atomic E-state index is -1.67. The van der Waals surface area contributed by atoms with E-state index in [9.17, 15) is 46.0 Å². The zero-order valence-corrected chi connectivity index (χ0v) is 34.5. The van der Waals surface area contributed by atoms with Gasteiger partial charge >= 0.3 is 0 Å². The fraction of sp³-hybridized carbons (Fsp3) is 1.00. The van der Waals surface area contributed by atoms with Gasteiger partial charge in [-0.1, -0.05) is 27.7 Å². The molecule has 5 aliphatic carbocycles. The summed E-state index contributed by atoms with van der Waals surface area (Å²) in [5.74, 6) is -0.0345. The van der Waals surface area contributed by atoms with Crippen LogP contribution in [-0.4, -0.2) is 150 Å². The highest BCUT2D eigenvalue weighted by Crippen LogP contribution is 2.89. The fourth-order valence-corrected chi connectivity index (χ4v) is 15.1. The molecule has 14 heteroatoms. The highest BCUT2D eigenvalue weighted by Gasteiger charge is 2.85. The van der Waals surface area contributed by atoms with E-state index >= 15 is 0 Å². The molecular weight excluding hydrogens is 728 g/mol. The lowest BCUT2D eigenvalue weighted by Crippen LogP contribution is -2.66. The van der Waals surface area contributed by atoms with Gasteiger partial charge in [-0.15, -0.1) is 0 Å². The first-order valence-corrected chi connectivity index (χ1v) is 21.3. The maximum atomic E-state index is 12.4. The van der Waals surface area contributed by atoms with Crippen LogP contribution in [-0.2, 0) is 23.7 Å². The summed E-state index contributed by atoms with van der Waals surface area (Å²) in [6, 6.07) is 0. The standard InChI is InChI=1S/C42H70O14/c1-19-26(46)28(48)30(50)34(52-19)55-31-29(49)27(47)22(17-43)53-35(31)54-24-10-12-42-18-41(42)14-13-38(6)33(40(8)11-9-25(56-40)37(4,5)51)21(45)16-39(38,7)23(41)15-20(44)32(42)36(24,2)3/h19-35,43-51H,9-18H2,1-8H3/t19-,20-,21-,22+,23?,24-,25-,26-,27+,28+,29-,30+,31+,32?,33-,34-,35-,38+,39-,40+,41-,42+/m0/s1. The molecule has 9 N–H and O–H groups in total. The Bertz CT molecular complexity index is 1490. The Morgan fingerprint density at radius 1 is 0.696 bits per heavy atom. The Hall–Kier alpha value is -0.560. The number of aliphatic hydroxyl groups excluding tert-OH is 8. The van der Waals surface area contributed by atoms with Gasteiger partial charge in [0.2, 0.25) is 0 Å². The van der Waals surface area contributed by atoms with Gasteiger partial charge in [-0.25, -0.2) is 0 Å². The van der Waals surface area contributed by atoms with E-state index in [1.165, 1.54) is 6.92 Å². The van der Waals surface area contributed by atoms with Crippen molar-refractivity contribution in [3.8, 4) is 0 Å². The van der Waals surface area contributed by atoms with E-state index < -0.39 is 103 Å². The minimum Gasteiger partial charge on any atom is -0.394 e. The van der Waals surface area contributed by atoms with Crippen LogP contribution in [0.25, 0.3) is 0 Å². The lowest BCUT2D eigenvalue weighted by Gasteiger charge is -2.65. The minimum absolute atomic E-state index is 0.000889. The first-order chi connectivity index (χ1) is 25.9. The lowest BCUT2D eigenvalue weighted by molar-refractivity contribution is -0.376. The molecule has 0 bridgehead atoms. The highest BCUT2D eigenvalue weighted by atomic mass is 16.8. The third kappa shape index (κ3) is 5.71. The van der Waals surface area contributed by atoms with Gasteiger partial charge in [-0.05, 0) is 124 Å². The van der Waals surface area contributed by atoms with Crippen molar-refractivity contribution >= 4 is 0 Å². The second-order valence-corrected chi connectivity index (χ2v) is 21.5. The SMILES string of the molecule is C[C@@H]1O[C@@H](O[C@H]2[C@H](O[C@H]3CC[C@]45C[C@]46CC[C@]4(C)[C@@H]([C@@]7(C)CC[C@@H](C(C)(C)O)O7)[C@@H](O)C[C@@]4(C)C6C[C@H](O)C5C3(C)C)O[C@H](CO)[C@@H](O)[C@@H]2O)[C@H](O)[C@H](O)[C@H]1O. The van der Waals surface area contributed by atoms with E-state index in [1.807, 2.05) is 0 Å². The second-order valence-electron chi connectivity index (χ2n) is 21.5. The number of hydrogen-bond acceptors (Lipinski definition) is 14. The van der Waals surface area contributed by atoms with Gasteiger partial charge in [0.1, 0.15) is 42.7 Å². The zero-order valence-electron chi connectivity index (χ0n) is 34.5. The predicted molar refractivity (Wildman–Crippen MR) is 198 cm³/mol. The predicted octanol–water partition coefficient (Wildman–Crippen LogP) is 1.11. The summed E-state index contributed by atoms with van der Waals surface area (Å²) in [5, 5.41) is 98.9. The van der Waals surface area contributed by atoms with Crippen LogP contribution in [0.1, 0.15) is 113 Å². The van der Waals surface area contributed by atoms with Gasteiger partial charge in [0.25, 0.3) is 0 Å². The molecule has 56 heavy (non-hydrogen) atoms. The third-order valence-electron chi connectivity index (χ3n) is 18.0. The molecular formula is C42H70O14. The average molecular weight is 799 g/mol. The molecule has 8 aliphatic rings. The molecule has 22 atom stereocenters. The molecule has 322 valence electrons. The smallest absolute Gasteiger partial charge is 0.187 e. The first kappa shape index (κ1) is 42.1. The maximum Gasteiger partial charge on any atom is 0.187 e. The van der Waals surface area contributed by atoms with E-state index in [0.29, 0.717) is 19.3 Å². The highest BCUT2D eigenvalue weighted by molar-refractivity contribution is 5.33. The maximum absolute atomic E-state index is 12.4. The summed E-state index contributed by atoms with van der Waals surface area (Å²) in [4.78, 5) is 0. The van der Waals surface area contributed by atoms with Crippen molar-refractivity contribution in [2.45, 2.75) is 210 Å². The summed E-state index contributed by atoms with van der Waals surface area (Å²) in [7, 11) is 0. The molecule has 2 unspecified atom stereocenters.